The highest BCUT2D eigenvalue weighted by molar-refractivity contribution is 6.00. The first kappa shape index (κ1) is 19.1. The molecule has 29 heavy (non-hydrogen) atoms. The zero-order valence-corrected chi connectivity index (χ0v) is 16.7. The average molecular weight is 391 g/mol. The van der Waals surface area contributed by atoms with Gasteiger partial charge < -0.3 is 15.5 Å². The summed E-state index contributed by atoms with van der Waals surface area (Å²) in [5.74, 6) is 0. The van der Waals surface area contributed by atoms with E-state index in [1.165, 1.54) is 0 Å². The van der Waals surface area contributed by atoms with Crippen molar-refractivity contribution in [1.29, 1.82) is 0 Å². The quantitative estimate of drug-likeness (QED) is 0.710. The number of urea groups is 1. The van der Waals surface area contributed by atoms with E-state index in [1.807, 2.05) is 36.0 Å². The molecule has 2 aromatic heterocycles. The second kappa shape index (κ2) is 8.40. The molecule has 8 heteroatoms. The lowest BCUT2D eigenvalue weighted by molar-refractivity contribution is 0.212. The molecule has 2 N–H and O–H groups in total. The van der Waals surface area contributed by atoms with Gasteiger partial charge >= 0.3 is 6.03 Å². The third-order valence-electron chi connectivity index (χ3n) is 5.27. The summed E-state index contributed by atoms with van der Waals surface area (Å²) in [6.45, 7) is 4.08. The zero-order valence-electron chi connectivity index (χ0n) is 16.7. The molecule has 3 aromatic rings. The zero-order chi connectivity index (χ0) is 20.2. The van der Waals surface area contributed by atoms with Crippen molar-refractivity contribution in [2.45, 2.75) is 25.8 Å². The minimum absolute atomic E-state index is 0.299. The Kier molecular flexibility index (Phi) is 5.53. The van der Waals surface area contributed by atoms with Gasteiger partial charge in [-0.25, -0.2) is 4.79 Å². The summed E-state index contributed by atoms with van der Waals surface area (Å²) in [6, 6.07) is 5.91. The van der Waals surface area contributed by atoms with Crippen LogP contribution < -0.4 is 10.6 Å². The number of hydrogen-bond donors (Lipinski definition) is 2. The highest BCUT2D eigenvalue weighted by atomic mass is 16.2. The van der Waals surface area contributed by atoms with Crippen LogP contribution in [0.3, 0.4) is 0 Å². The molecule has 4 rings (SSSR count). The van der Waals surface area contributed by atoms with E-state index >= 15 is 0 Å². The van der Waals surface area contributed by atoms with Gasteiger partial charge in [0.1, 0.15) is 0 Å². The Balaban J connectivity index is 1.41. The molecule has 1 saturated heterocycles. The van der Waals surface area contributed by atoms with Gasteiger partial charge in [0.05, 0.1) is 29.8 Å². The molecule has 1 aliphatic rings. The third-order valence-corrected chi connectivity index (χ3v) is 5.27. The third kappa shape index (κ3) is 4.60. The smallest absolute Gasteiger partial charge is 0.307 e. The maximum atomic E-state index is 12.5. The number of piperidine rings is 1. The van der Waals surface area contributed by atoms with E-state index in [9.17, 15) is 4.79 Å². The van der Waals surface area contributed by atoms with Crippen molar-refractivity contribution in [2.75, 3.05) is 30.8 Å². The topological polar surface area (TPSA) is 88.0 Å². The van der Waals surface area contributed by atoms with Crippen molar-refractivity contribution in [2.24, 2.45) is 0 Å². The lowest BCUT2D eigenvalue weighted by Gasteiger charge is -2.28. The second-order valence-corrected chi connectivity index (χ2v) is 7.44. The van der Waals surface area contributed by atoms with Gasteiger partial charge in [-0.1, -0.05) is 12.1 Å². The first-order chi connectivity index (χ1) is 14.1. The van der Waals surface area contributed by atoms with Gasteiger partial charge in [0, 0.05) is 29.8 Å². The number of likely N-dealkylation sites (tertiary alicyclic amines) is 1. The maximum Gasteiger partial charge on any atom is 0.323 e. The van der Waals surface area contributed by atoms with Crippen LogP contribution in [0.2, 0.25) is 0 Å². The standard InChI is InChI=1S/C21H25N7O/c1-15-3-4-16(20-13-22-7-8-23-20)11-19(15)26-21(29)25-17-12-24-28(14-17)18-5-9-27(2)10-6-18/h3-4,7-8,11-14,18H,5-6,9-10H2,1-2H3,(H2,25,26,29). The van der Waals surface area contributed by atoms with Crippen molar-refractivity contribution >= 4 is 17.4 Å². The Labute approximate surface area is 170 Å². The van der Waals surface area contributed by atoms with Gasteiger partial charge in [0.2, 0.25) is 0 Å². The summed E-state index contributed by atoms with van der Waals surface area (Å²) >= 11 is 0. The normalized spacial score (nSPS) is 15.2. The molecule has 0 aliphatic carbocycles. The molecule has 1 fully saturated rings. The van der Waals surface area contributed by atoms with Crippen LogP contribution in [0, 0.1) is 6.92 Å². The number of carbonyl (C=O) groups excluding carboxylic acids is 1. The van der Waals surface area contributed by atoms with Crippen molar-refractivity contribution in [3.05, 3.63) is 54.7 Å². The van der Waals surface area contributed by atoms with Crippen LogP contribution in [-0.4, -0.2) is 50.8 Å². The number of hydrogen-bond acceptors (Lipinski definition) is 5. The fourth-order valence-electron chi connectivity index (χ4n) is 3.51. The second-order valence-electron chi connectivity index (χ2n) is 7.44. The molecule has 1 aromatic carbocycles. The first-order valence-electron chi connectivity index (χ1n) is 9.76. The van der Waals surface area contributed by atoms with Crippen molar-refractivity contribution in [3.63, 3.8) is 0 Å². The van der Waals surface area contributed by atoms with Crippen molar-refractivity contribution in [3.8, 4) is 11.3 Å². The summed E-state index contributed by atoms with van der Waals surface area (Å²) in [6.07, 6.45) is 10.7. The Morgan fingerprint density at radius 2 is 1.97 bits per heavy atom. The molecule has 0 saturated carbocycles. The van der Waals surface area contributed by atoms with E-state index < -0.39 is 0 Å². The fraction of sp³-hybridized carbons (Fsp3) is 0.333. The maximum absolute atomic E-state index is 12.5. The molecular formula is C21H25N7O. The van der Waals surface area contributed by atoms with E-state index in [0.717, 1.165) is 48.4 Å². The summed E-state index contributed by atoms with van der Waals surface area (Å²) in [4.78, 5) is 23.3. The SMILES string of the molecule is Cc1ccc(-c2cnccn2)cc1NC(=O)Nc1cnn(C2CCN(C)CC2)c1. The lowest BCUT2D eigenvalue weighted by Crippen LogP contribution is -2.31. The number of benzene rings is 1. The predicted octanol–water partition coefficient (Wildman–Crippen LogP) is 3.56. The van der Waals surface area contributed by atoms with Crippen LogP contribution in [0.4, 0.5) is 16.2 Å². The number of carbonyl (C=O) groups is 1. The van der Waals surface area contributed by atoms with Gasteiger partial charge in [-0.05, 0) is 51.5 Å². The van der Waals surface area contributed by atoms with Gasteiger partial charge in [-0.3, -0.25) is 14.6 Å². The summed E-state index contributed by atoms with van der Waals surface area (Å²) in [5, 5.41) is 10.2. The van der Waals surface area contributed by atoms with Crippen LogP contribution in [0.15, 0.2) is 49.2 Å². The van der Waals surface area contributed by atoms with Gasteiger partial charge in [0.15, 0.2) is 0 Å². The van der Waals surface area contributed by atoms with Gasteiger partial charge in [-0.2, -0.15) is 5.10 Å². The summed E-state index contributed by atoms with van der Waals surface area (Å²) in [5.41, 5.74) is 4.04. The lowest BCUT2D eigenvalue weighted by atomic mass is 10.1. The van der Waals surface area contributed by atoms with Crippen LogP contribution in [0.5, 0.6) is 0 Å². The van der Waals surface area contributed by atoms with Crippen molar-refractivity contribution < 1.29 is 4.79 Å². The molecule has 150 valence electrons. The number of amides is 2. The fourth-order valence-corrected chi connectivity index (χ4v) is 3.51. The molecule has 3 heterocycles. The molecule has 2 amide bonds. The van der Waals surface area contributed by atoms with Crippen molar-refractivity contribution in [1.82, 2.24) is 24.6 Å². The number of aromatic nitrogens is 4. The Bertz CT molecular complexity index is 978. The van der Waals surface area contributed by atoms with Crippen LogP contribution in [-0.2, 0) is 0 Å². The number of nitrogens with one attached hydrogen (secondary N) is 2. The first-order valence-corrected chi connectivity index (χ1v) is 9.76. The molecule has 0 unspecified atom stereocenters. The Morgan fingerprint density at radius 1 is 1.14 bits per heavy atom. The molecule has 0 atom stereocenters. The largest absolute Gasteiger partial charge is 0.323 e. The number of anilines is 2. The summed E-state index contributed by atoms with van der Waals surface area (Å²) < 4.78 is 1.96. The van der Waals surface area contributed by atoms with E-state index in [-0.39, 0.29) is 6.03 Å². The van der Waals surface area contributed by atoms with Gasteiger partial charge in [-0.15, -0.1) is 0 Å². The Morgan fingerprint density at radius 3 is 2.72 bits per heavy atom. The highest BCUT2D eigenvalue weighted by Gasteiger charge is 2.19. The van der Waals surface area contributed by atoms with E-state index in [1.54, 1.807) is 24.8 Å². The van der Waals surface area contributed by atoms with E-state index in [4.69, 9.17) is 0 Å². The minimum Gasteiger partial charge on any atom is -0.307 e. The average Bonchev–Trinajstić information content (AvgIpc) is 3.19. The predicted molar refractivity (Wildman–Crippen MR) is 113 cm³/mol. The summed E-state index contributed by atoms with van der Waals surface area (Å²) in [7, 11) is 2.14. The highest BCUT2D eigenvalue weighted by Crippen LogP contribution is 2.25. The van der Waals surface area contributed by atoms with E-state index in [2.05, 4.69) is 37.6 Å². The molecule has 0 spiro atoms. The van der Waals surface area contributed by atoms with Crippen LogP contribution >= 0.6 is 0 Å². The molecule has 0 radical (unpaired) electrons. The minimum atomic E-state index is -0.299. The molecule has 1 aliphatic heterocycles. The van der Waals surface area contributed by atoms with E-state index in [0.29, 0.717) is 11.7 Å². The molecule has 8 nitrogen and oxygen atoms in total. The molecule has 0 bridgehead atoms. The monoisotopic (exact) mass is 391 g/mol. The molecular weight excluding hydrogens is 366 g/mol. The van der Waals surface area contributed by atoms with Crippen LogP contribution in [0.1, 0.15) is 24.4 Å². The Hall–Kier alpha value is -3.26. The van der Waals surface area contributed by atoms with Gasteiger partial charge in [0.25, 0.3) is 0 Å². The number of nitrogens with zero attached hydrogens (tertiary/aromatic N) is 5. The number of aryl methyl sites for hydroxylation is 1. The van der Waals surface area contributed by atoms with Crippen LogP contribution in [0.25, 0.3) is 11.3 Å². The number of rotatable bonds is 4.